The first-order valence-electron chi connectivity index (χ1n) is 4.80. The summed E-state index contributed by atoms with van der Waals surface area (Å²) in [5.74, 6) is 0.0278. The highest BCUT2D eigenvalue weighted by molar-refractivity contribution is 5.92. The van der Waals surface area contributed by atoms with Gasteiger partial charge < -0.3 is 16.2 Å². The zero-order valence-corrected chi connectivity index (χ0v) is 8.83. The minimum atomic E-state index is -0.486. The van der Waals surface area contributed by atoms with E-state index in [1.54, 1.807) is 24.3 Å². The number of carbonyl (C=O) groups excluding carboxylic acids is 1. The Morgan fingerprint density at radius 3 is 2.24 bits per heavy atom. The largest absolute Gasteiger partial charge is 0.424 e. The van der Waals surface area contributed by atoms with Gasteiger partial charge in [-0.15, -0.1) is 0 Å². The molecule has 6 heteroatoms. The van der Waals surface area contributed by atoms with Crippen molar-refractivity contribution in [2.75, 3.05) is 5.73 Å². The van der Waals surface area contributed by atoms with Crippen LogP contribution in [0.4, 0.5) is 5.69 Å². The molecule has 2 aromatic rings. The second-order valence-corrected chi connectivity index (χ2v) is 3.29. The van der Waals surface area contributed by atoms with Crippen molar-refractivity contribution in [3.63, 3.8) is 0 Å². The van der Waals surface area contributed by atoms with Gasteiger partial charge in [-0.1, -0.05) is 0 Å². The molecule has 4 N–H and O–H groups in total. The lowest BCUT2D eigenvalue weighted by Gasteiger charge is -2.03. The molecule has 0 saturated carbocycles. The molecular formula is C11H10N4O2. The predicted molar refractivity (Wildman–Crippen MR) is 61.5 cm³/mol. The normalized spacial score (nSPS) is 9.88. The first-order valence-corrected chi connectivity index (χ1v) is 4.80. The number of amides is 1. The fourth-order valence-corrected chi connectivity index (χ4v) is 1.17. The van der Waals surface area contributed by atoms with Gasteiger partial charge in [0.05, 0.1) is 18.1 Å². The molecule has 1 heterocycles. The number of primary amides is 1. The summed E-state index contributed by atoms with van der Waals surface area (Å²) < 4.78 is 5.34. The van der Waals surface area contributed by atoms with E-state index in [0.717, 1.165) is 0 Å². The Morgan fingerprint density at radius 1 is 1.12 bits per heavy atom. The molecule has 0 spiro atoms. The molecule has 0 aliphatic carbocycles. The molecule has 0 unspecified atom stereocenters. The summed E-state index contributed by atoms with van der Waals surface area (Å²) in [6, 6.07) is 6.54. The molecular weight excluding hydrogens is 220 g/mol. The van der Waals surface area contributed by atoms with E-state index in [2.05, 4.69) is 9.97 Å². The Bertz CT molecular complexity index is 522. The highest BCUT2D eigenvalue weighted by atomic mass is 16.5. The molecule has 1 aromatic heterocycles. The summed E-state index contributed by atoms with van der Waals surface area (Å²) in [5, 5.41) is 0. The maximum Gasteiger partial charge on any atom is 0.322 e. The van der Waals surface area contributed by atoms with E-state index in [0.29, 0.717) is 17.0 Å². The van der Waals surface area contributed by atoms with Gasteiger partial charge in [-0.25, -0.2) is 9.97 Å². The number of nitrogens with two attached hydrogens (primary N) is 2. The fourth-order valence-electron chi connectivity index (χ4n) is 1.17. The van der Waals surface area contributed by atoms with Gasteiger partial charge in [0, 0.05) is 5.56 Å². The van der Waals surface area contributed by atoms with Gasteiger partial charge in [0.25, 0.3) is 0 Å². The number of ether oxygens (including phenoxy) is 1. The van der Waals surface area contributed by atoms with E-state index in [4.69, 9.17) is 16.2 Å². The summed E-state index contributed by atoms with van der Waals surface area (Å²) in [6.45, 7) is 0. The van der Waals surface area contributed by atoms with Crippen LogP contribution in [0.1, 0.15) is 10.4 Å². The molecule has 6 nitrogen and oxygen atoms in total. The molecule has 0 aliphatic heterocycles. The van der Waals surface area contributed by atoms with Crippen molar-refractivity contribution >= 4 is 11.6 Å². The lowest BCUT2D eigenvalue weighted by Crippen LogP contribution is -2.10. The van der Waals surface area contributed by atoms with Crippen molar-refractivity contribution in [2.45, 2.75) is 0 Å². The van der Waals surface area contributed by atoms with Gasteiger partial charge >= 0.3 is 6.01 Å². The Hall–Kier alpha value is -2.63. The highest BCUT2D eigenvalue weighted by Crippen LogP contribution is 2.17. The van der Waals surface area contributed by atoms with E-state index in [-0.39, 0.29) is 6.01 Å². The van der Waals surface area contributed by atoms with Crippen LogP contribution in [0.3, 0.4) is 0 Å². The summed E-state index contributed by atoms with van der Waals surface area (Å²) in [5.41, 5.74) is 11.4. The van der Waals surface area contributed by atoms with E-state index >= 15 is 0 Å². The maximum absolute atomic E-state index is 10.9. The van der Waals surface area contributed by atoms with Gasteiger partial charge in [-0.2, -0.15) is 0 Å². The quantitative estimate of drug-likeness (QED) is 0.816. The Kier molecular flexibility index (Phi) is 2.87. The lowest BCUT2D eigenvalue weighted by atomic mass is 10.2. The van der Waals surface area contributed by atoms with Crippen LogP contribution in [-0.2, 0) is 0 Å². The van der Waals surface area contributed by atoms with Crippen molar-refractivity contribution in [3.05, 3.63) is 42.2 Å². The number of rotatable bonds is 3. The number of nitrogens with zero attached hydrogens (tertiary/aromatic N) is 2. The summed E-state index contributed by atoms with van der Waals surface area (Å²) in [7, 11) is 0. The fraction of sp³-hybridized carbons (Fsp3) is 0. The Morgan fingerprint density at radius 2 is 1.71 bits per heavy atom. The smallest absolute Gasteiger partial charge is 0.322 e. The van der Waals surface area contributed by atoms with Crippen molar-refractivity contribution in [2.24, 2.45) is 5.73 Å². The molecule has 0 radical (unpaired) electrons. The lowest BCUT2D eigenvalue weighted by molar-refractivity contribution is 0.100. The molecule has 1 amide bonds. The standard InChI is InChI=1S/C11H10N4O2/c12-8-5-14-11(15-6-8)17-9-3-1-7(2-4-9)10(13)16/h1-6H,12H2,(H2,13,16). The van der Waals surface area contributed by atoms with Gasteiger partial charge in [-0.05, 0) is 24.3 Å². The number of aromatic nitrogens is 2. The van der Waals surface area contributed by atoms with Crippen molar-refractivity contribution in [1.29, 1.82) is 0 Å². The molecule has 0 fully saturated rings. The highest BCUT2D eigenvalue weighted by Gasteiger charge is 2.02. The summed E-state index contributed by atoms with van der Waals surface area (Å²) in [6.07, 6.45) is 2.89. The van der Waals surface area contributed by atoms with Crippen LogP contribution in [0.25, 0.3) is 0 Å². The number of hydrogen-bond donors (Lipinski definition) is 2. The van der Waals surface area contributed by atoms with Crippen molar-refractivity contribution in [1.82, 2.24) is 9.97 Å². The number of anilines is 1. The van der Waals surface area contributed by atoms with Gasteiger partial charge in [-0.3, -0.25) is 4.79 Å². The predicted octanol–water partition coefficient (Wildman–Crippen LogP) is 0.950. The third-order valence-electron chi connectivity index (χ3n) is 2.00. The summed E-state index contributed by atoms with van der Waals surface area (Å²) >= 11 is 0. The van der Waals surface area contributed by atoms with Crippen molar-refractivity contribution < 1.29 is 9.53 Å². The molecule has 17 heavy (non-hydrogen) atoms. The zero-order valence-electron chi connectivity index (χ0n) is 8.83. The molecule has 0 atom stereocenters. The van der Waals surface area contributed by atoms with E-state index in [9.17, 15) is 4.79 Å². The number of carbonyl (C=O) groups is 1. The number of nitrogen functional groups attached to an aromatic ring is 1. The van der Waals surface area contributed by atoms with Crippen LogP contribution in [-0.4, -0.2) is 15.9 Å². The van der Waals surface area contributed by atoms with E-state index < -0.39 is 5.91 Å². The van der Waals surface area contributed by atoms with Gasteiger partial charge in [0.2, 0.25) is 5.91 Å². The van der Waals surface area contributed by atoms with Crippen LogP contribution >= 0.6 is 0 Å². The zero-order chi connectivity index (χ0) is 12.3. The molecule has 1 aromatic carbocycles. The van der Waals surface area contributed by atoms with E-state index in [1.807, 2.05) is 0 Å². The van der Waals surface area contributed by atoms with Crippen molar-refractivity contribution in [3.8, 4) is 11.8 Å². The average Bonchev–Trinajstić information content (AvgIpc) is 2.33. The Labute approximate surface area is 97.2 Å². The summed E-state index contributed by atoms with van der Waals surface area (Å²) in [4.78, 5) is 18.6. The molecule has 0 bridgehead atoms. The average molecular weight is 230 g/mol. The van der Waals surface area contributed by atoms with Crippen LogP contribution in [0.15, 0.2) is 36.7 Å². The second-order valence-electron chi connectivity index (χ2n) is 3.29. The molecule has 0 aliphatic rings. The van der Waals surface area contributed by atoms with Crippen LogP contribution in [0.5, 0.6) is 11.8 Å². The SMILES string of the molecule is NC(=O)c1ccc(Oc2ncc(N)cn2)cc1. The second kappa shape index (κ2) is 4.48. The van der Waals surface area contributed by atoms with E-state index in [1.165, 1.54) is 12.4 Å². The van der Waals surface area contributed by atoms with Gasteiger partial charge in [0.15, 0.2) is 0 Å². The van der Waals surface area contributed by atoms with Crippen LogP contribution < -0.4 is 16.2 Å². The topological polar surface area (TPSA) is 104 Å². The van der Waals surface area contributed by atoms with Crippen LogP contribution in [0, 0.1) is 0 Å². The number of hydrogen-bond acceptors (Lipinski definition) is 5. The Balaban J connectivity index is 2.13. The first kappa shape index (κ1) is 10.9. The molecule has 2 rings (SSSR count). The van der Waals surface area contributed by atoms with Crippen LogP contribution in [0.2, 0.25) is 0 Å². The first-order chi connectivity index (χ1) is 8.15. The minimum Gasteiger partial charge on any atom is -0.424 e. The third kappa shape index (κ3) is 2.69. The maximum atomic E-state index is 10.9. The minimum absolute atomic E-state index is 0.186. The number of benzene rings is 1. The molecule has 86 valence electrons. The third-order valence-corrected chi connectivity index (χ3v) is 2.00. The monoisotopic (exact) mass is 230 g/mol. The van der Waals surface area contributed by atoms with Gasteiger partial charge in [0.1, 0.15) is 5.75 Å². The molecule has 0 saturated heterocycles.